The van der Waals surface area contributed by atoms with Gasteiger partial charge in [0.05, 0.1) is 13.2 Å². The van der Waals surface area contributed by atoms with Crippen LogP contribution >= 0.6 is 0 Å². The quantitative estimate of drug-likeness (QED) is 0.661. The van der Waals surface area contributed by atoms with Crippen LogP contribution in [0.5, 0.6) is 11.5 Å². The number of benzene rings is 1. The molecule has 1 aromatic rings. The summed E-state index contributed by atoms with van der Waals surface area (Å²) in [6.45, 7) is 7.28. The highest BCUT2D eigenvalue weighted by atomic mass is 16.5. The lowest BCUT2D eigenvalue weighted by atomic mass is 10.1. The van der Waals surface area contributed by atoms with Crippen LogP contribution in [0.2, 0.25) is 0 Å². The Morgan fingerprint density at radius 2 is 1.89 bits per heavy atom. The van der Waals surface area contributed by atoms with Gasteiger partial charge in [0.1, 0.15) is 0 Å². The summed E-state index contributed by atoms with van der Waals surface area (Å²) in [5.74, 6) is 1.62. The molecule has 0 saturated carbocycles. The number of hydrogen-bond donors (Lipinski definition) is 1. The van der Waals surface area contributed by atoms with Crippen molar-refractivity contribution < 1.29 is 14.2 Å². The smallest absolute Gasteiger partial charge is 0.164 e. The molecular formula is C15H25NO3. The highest BCUT2D eigenvalue weighted by molar-refractivity contribution is 5.46. The molecule has 4 nitrogen and oxygen atoms in total. The van der Waals surface area contributed by atoms with E-state index in [-0.39, 0.29) is 0 Å². The Balaban J connectivity index is 2.64. The molecule has 0 heterocycles. The minimum atomic E-state index is 0.602. The third-order valence-electron chi connectivity index (χ3n) is 2.66. The van der Waals surface area contributed by atoms with E-state index in [0.29, 0.717) is 19.8 Å². The maximum Gasteiger partial charge on any atom is 0.164 e. The lowest BCUT2D eigenvalue weighted by molar-refractivity contribution is 0.129. The molecule has 0 unspecified atom stereocenters. The lowest BCUT2D eigenvalue weighted by Gasteiger charge is -2.15. The molecule has 4 heteroatoms. The van der Waals surface area contributed by atoms with Crippen molar-refractivity contribution in [2.45, 2.75) is 26.7 Å². The molecule has 0 amide bonds. The standard InChI is InChI=1S/C15H25NO3/c1-3-17-11-6-12-19-15-13(9-10-16)7-5-8-14(15)18-4-2/h5,7-8H,3-4,6,9-12,16H2,1-2H3. The predicted octanol–water partition coefficient (Wildman–Crippen LogP) is 2.39. The first kappa shape index (κ1) is 15.8. The fourth-order valence-electron chi connectivity index (χ4n) is 1.83. The normalized spacial score (nSPS) is 10.5. The number of hydrogen-bond acceptors (Lipinski definition) is 4. The molecule has 1 rings (SSSR count). The zero-order valence-electron chi connectivity index (χ0n) is 12.0. The van der Waals surface area contributed by atoms with Crippen molar-refractivity contribution in [2.24, 2.45) is 5.73 Å². The molecule has 0 bridgehead atoms. The van der Waals surface area contributed by atoms with E-state index in [9.17, 15) is 0 Å². The fourth-order valence-corrected chi connectivity index (χ4v) is 1.83. The molecule has 1 aromatic carbocycles. The van der Waals surface area contributed by atoms with Crippen LogP contribution in [0.1, 0.15) is 25.8 Å². The van der Waals surface area contributed by atoms with Crippen molar-refractivity contribution >= 4 is 0 Å². The number of nitrogens with two attached hydrogens (primary N) is 1. The molecule has 0 saturated heterocycles. The maximum atomic E-state index is 5.86. The first-order valence-corrected chi connectivity index (χ1v) is 6.98. The summed E-state index contributed by atoms with van der Waals surface area (Å²) in [5.41, 5.74) is 6.73. The molecule has 108 valence electrons. The Hall–Kier alpha value is -1.26. The van der Waals surface area contributed by atoms with Gasteiger partial charge in [-0.1, -0.05) is 12.1 Å². The molecule has 2 N–H and O–H groups in total. The van der Waals surface area contributed by atoms with Gasteiger partial charge in [0.15, 0.2) is 11.5 Å². The summed E-state index contributed by atoms with van der Waals surface area (Å²) < 4.78 is 16.8. The third-order valence-corrected chi connectivity index (χ3v) is 2.66. The Labute approximate surface area is 115 Å². The molecule has 0 aromatic heterocycles. The van der Waals surface area contributed by atoms with Crippen molar-refractivity contribution in [3.8, 4) is 11.5 Å². The minimum Gasteiger partial charge on any atom is -0.490 e. The van der Waals surface area contributed by atoms with Crippen molar-refractivity contribution in [3.63, 3.8) is 0 Å². The second kappa shape index (κ2) is 9.64. The van der Waals surface area contributed by atoms with E-state index in [1.165, 1.54) is 0 Å². The van der Waals surface area contributed by atoms with Gasteiger partial charge in [-0.2, -0.15) is 0 Å². The van der Waals surface area contributed by atoms with Crippen LogP contribution < -0.4 is 15.2 Å². The van der Waals surface area contributed by atoms with Gasteiger partial charge >= 0.3 is 0 Å². The molecule has 19 heavy (non-hydrogen) atoms. The van der Waals surface area contributed by atoms with Crippen LogP contribution in [0.3, 0.4) is 0 Å². The van der Waals surface area contributed by atoms with Crippen molar-refractivity contribution in [2.75, 3.05) is 33.0 Å². The van der Waals surface area contributed by atoms with Gasteiger partial charge < -0.3 is 19.9 Å². The third kappa shape index (κ3) is 5.49. The maximum absolute atomic E-state index is 5.86. The van der Waals surface area contributed by atoms with Crippen LogP contribution in [0.25, 0.3) is 0 Å². The van der Waals surface area contributed by atoms with E-state index in [1.807, 2.05) is 32.0 Å². The summed E-state index contributed by atoms with van der Waals surface area (Å²) in [7, 11) is 0. The first-order chi connectivity index (χ1) is 9.33. The SMILES string of the molecule is CCOCCCOc1c(CCN)cccc1OCC. The van der Waals surface area contributed by atoms with Crippen LogP contribution in [-0.4, -0.2) is 33.0 Å². The van der Waals surface area contributed by atoms with Gasteiger partial charge in [-0.05, 0) is 38.4 Å². The first-order valence-electron chi connectivity index (χ1n) is 6.98. The van der Waals surface area contributed by atoms with Crippen LogP contribution in [0.4, 0.5) is 0 Å². The molecule has 0 radical (unpaired) electrons. The molecule has 0 spiro atoms. The van der Waals surface area contributed by atoms with Crippen molar-refractivity contribution in [1.29, 1.82) is 0 Å². The van der Waals surface area contributed by atoms with E-state index in [1.54, 1.807) is 0 Å². The largest absolute Gasteiger partial charge is 0.490 e. The minimum absolute atomic E-state index is 0.602. The fraction of sp³-hybridized carbons (Fsp3) is 0.600. The summed E-state index contributed by atoms with van der Waals surface area (Å²) in [6.07, 6.45) is 1.66. The summed E-state index contributed by atoms with van der Waals surface area (Å²) in [6, 6.07) is 5.94. The average molecular weight is 267 g/mol. The second-order valence-corrected chi connectivity index (χ2v) is 4.12. The lowest BCUT2D eigenvalue weighted by Crippen LogP contribution is -2.09. The van der Waals surface area contributed by atoms with E-state index in [0.717, 1.165) is 43.1 Å². The van der Waals surface area contributed by atoms with Gasteiger partial charge in [0, 0.05) is 19.6 Å². The number of ether oxygens (including phenoxy) is 3. The molecule has 0 fully saturated rings. The Morgan fingerprint density at radius 1 is 1.05 bits per heavy atom. The molecular weight excluding hydrogens is 242 g/mol. The van der Waals surface area contributed by atoms with Crippen LogP contribution in [0, 0.1) is 0 Å². The average Bonchev–Trinajstić information content (AvgIpc) is 2.41. The van der Waals surface area contributed by atoms with Crippen molar-refractivity contribution in [3.05, 3.63) is 23.8 Å². The van der Waals surface area contributed by atoms with Crippen LogP contribution in [0.15, 0.2) is 18.2 Å². The molecule has 0 atom stereocenters. The Bertz CT molecular complexity index is 331. The zero-order valence-corrected chi connectivity index (χ0v) is 12.0. The van der Waals surface area contributed by atoms with Gasteiger partial charge in [-0.3, -0.25) is 0 Å². The zero-order chi connectivity index (χ0) is 13.9. The summed E-state index contributed by atoms with van der Waals surface area (Å²) in [5, 5.41) is 0. The second-order valence-electron chi connectivity index (χ2n) is 4.12. The molecule has 0 aliphatic carbocycles. The Kier molecular flexibility index (Phi) is 8.02. The van der Waals surface area contributed by atoms with E-state index >= 15 is 0 Å². The monoisotopic (exact) mass is 267 g/mol. The number of rotatable bonds is 10. The highest BCUT2D eigenvalue weighted by Crippen LogP contribution is 2.31. The number of para-hydroxylation sites is 1. The highest BCUT2D eigenvalue weighted by Gasteiger charge is 2.10. The predicted molar refractivity (Wildman–Crippen MR) is 77.0 cm³/mol. The van der Waals surface area contributed by atoms with E-state index in [2.05, 4.69) is 0 Å². The summed E-state index contributed by atoms with van der Waals surface area (Å²) >= 11 is 0. The molecule has 0 aliphatic heterocycles. The van der Waals surface area contributed by atoms with E-state index in [4.69, 9.17) is 19.9 Å². The van der Waals surface area contributed by atoms with Crippen molar-refractivity contribution in [1.82, 2.24) is 0 Å². The summed E-state index contributed by atoms with van der Waals surface area (Å²) in [4.78, 5) is 0. The Morgan fingerprint density at radius 3 is 2.58 bits per heavy atom. The topological polar surface area (TPSA) is 53.7 Å². The molecule has 0 aliphatic rings. The van der Waals surface area contributed by atoms with E-state index < -0.39 is 0 Å². The van der Waals surface area contributed by atoms with Gasteiger partial charge in [0.25, 0.3) is 0 Å². The van der Waals surface area contributed by atoms with Gasteiger partial charge in [0.2, 0.25) is 0 Å². The van der Waals surface area contributed by atoms with Crippen LogP contribution in [-0.2, 0) is 11.2 Å². The van der Waals surface area contributed by atoms with Gasteiger partial charge in [-0.15, -0.1) is 0 Å². The van der Waals surface area contributed by atoms with Gasteiger partial charge in [-0.25, -0.2) is 0 Å².